The molecule has 1 atom stereocenters. The van der Waals surface area contributed by atoms with Gasteiger partial charge in [0.1, 0.15) is 11.8 Å². The topological polar surface area (TPSA) is 128 Å². The van der Waals surface area contributed by atoms with Crippen LogP contribution in [0.3, 0.4) is 0 Å². The number of hydrogen-bond acceptors (Lipinski definition) is 6. The van der Waals surface area contributed by atoms with E-state index in [9.17, 15) is 19.9 Å². The van der Waals surface area contributed by atoms with E-state index in [-0.39, 0.29) is 17.3 Å². The van der Waals surface area contributed by atoms with Crippen LogP contribution in [0.25, 0.3) is 11.0 Å². The number of carbonyl (C=O) groups excluding carboxylic acids is 1. The molecule has 1 aromatic heterocycles. The third-order valence-electron chi connectivity index (χ3n) is 3.81. The number of carbonyl (C=O) groups is 1. The Morgan fingerprint density at radius 3 is 2.59 bits per heavy atom. The predicted octanol–water partition coefficient (Wildman–Crippen LogP) is 2.45. The monoisotopic (exact) mass is 386 g/mol. The third kappa shape index (κ3) is 3.97. The fraction of sp³-hybridized carbons (Fsp3) is 0.111. The van der Waals surface area contributed by atoms with Crippen LogP contribution in [0.15, 0.2) is 52.4 Å². The zero-order valence-corrected chi connectivity index (χ0v) is 14.9. The van der Waals surface area contributed by atoms with Gasteiger partial charge in [-0.05, 0) is 35.9 Å². The number of benzene rings is 2. The second-order valence-corrected chi connectivity index (χ2v) is 6.20. The fourth-order valence-electron chi connectivity index (χ4n) is 2.57. The van der Waals surface area contributed by atoms with Crippen LogP contribution in [0, 0.1) is 0 Å². The van der Waals surface area contributed by atoms with Gasteiger partial charge in [-0.15, -0.1) is 0 Å². The van der Waals surface area contributed by atoms with Gasteiger partial charge in [0.2, 0.25) is 5.91 Å². The number of oxime groups is 1. The highest BCUT2D eigenvalue weighted by molar-refractivity contribution is 6.31. The van der Waals surface area contributed by atoms with E-state index in [0.29, 0.717) is 27.3 Å². The first kappa shape index (κ1) is 18.6. The van der Waals surface area contributed by atoms with Gasteiger partial charge in [0.25, 0.3) is 5.56 Å². The van der Waals surface area contributed by atoms with Crippen molar-refractivity contribution in [1.82, 2.24) is 9.97 Å². The van der Waals surface area contributed by atoms with E-state index in [0.717, 1.165) is 0 Å². The average molecular weight is 387 g/mol. The van der Waals surface area contributed by atoms with Crippen molar-refractivity contribution < 1.29 is 15.1 Å². The molecule has 27 heavy (non-hydrogen) atoms. The number of anilines is 1. The minimum atomic E-state index is -1.40. The van der Waals surface area contributed by atoms with E-state index in [4.69, 9.17) is 11.6 Å². The first-order chi connectivity index (χ1) is 12.9. The smallest absolute Gasteiger partial charge is 0.276 e. The van der Waals surface area contributed by atoms with E-state index in [1.807, 2.05) is 0 Å². The minimum absolute atomic E-state index is 0.217. The van der Waals surface area contributed by atoms with E-state index in [1.165, 1.54) is 19.1 Å². The summed E-state index contributed by atoms with van der Waals surface area (Å²) in [5, 5.41) is 26.1. The summed E-state index contributed by atoms with van der Waals surface area (Å²) in [7, 11) is 0. The van der Waals surface area contributed by atoms with Crippen LogP contribution < -0.4 is 10.9 Å². The zero-order chi connectivity index (χ0) is 19.6. The lowest BCUT2D eigenvalue weighted by Gasteiger charge is -2.13. The van der Waals surface area contributed by atoms with Crippen LogP contribution in [0.5, 0.6) is 0 Å². The average Bonchev–Trinajstić information content (AvgIpc) is 2.62. The number of rotatable bonds is 4. The molecule has 1 amide bonds. The highest BCUT2D eigenvalue weighted by atomic mass is 35.5. The van der Waals surface area contributed by atoms with Gasteiger partial charge in [-0.3, -0.25) is 9.59 Å². The summed E-state index contributed by atoms with van der Waals surface area (Å²) in [6, 6.07) is 11.0. The number of halogens is 1. The number of nitrogens with one attached hydrogen (secondary N) is 2. The van der Waals surface area contributed by atoms with Crippen molar-refractivity contribution in [2.45, 2.75) is 13.0 Å². The van der Waals surface area contributed by atoms with Gasteiger partial charge in [-0.25, -0.2) is 4.98 Å². The molecule has 0 saturated carbocycles. The number of aromatic amines is 1. The van der Waals surface area contributed by atoms with Crippen molar-refractivity contribution in [1.29, 1.82) is 0 Å². The number of hydrogen-bond donors (Lipinski definition) is 4. The van der Waals surface area contributed by atoms with Gasteiger partial charge < -0.3 is 20.6 Å². The number of nitrogens with zero attached hydrogens (tertiary/aromatic N) is 2. The molecule has 138 valence electrons. The van der Waals surface area contributed by atoms with Crippen molar-refractivity contribution in [3.8, 4) is 0 Å². The van der Waals surface area contributed by atoms with Crippen LogP contribution in [0.1, 0.15) is 24.3 Å². The number of aliphatic hydroxyl groups excluding tert-OH is 1. The molecule has 0 aliphatic heterocycles. The Bertz CT molecular complexity index is 1090. The molecule has 1 heterocycles. The molecule has 9 heteroatoms. The number of aromatic nitrogens is 2. The first-order valence-electron chi connectivity index (χ1n) is 7.86. The number of aliphatic hydroxyl groups is 1. The molecule has 0 radical (unpaired) electrons. The Morgan fingerprint density at radius 2 is 1.96 bits per heavy atom. The maximum atomic E-state index is 12.3. The van der Waals surface area contributed by atoms with E-state index >= 15 is 0 Å². The number of H-pyrrole nitrogens is 1. The summed E-state index contributed by atoms with van der Waals surface area (Å²) in [6.07, 6.45) is -1.40. The number of amides is 1. The maximum Gasteiger partial charge on any atom is 0.276 e. The quantitative estimate of drug-likeness (QED) is 0.311. The molecule has 0 saturated heterocycles. The second-order valence-electron chi connectivity index (χ2n) is 5.77. The van der Waals surface area contributed by atoms with Crippen molar-refractivity contribution in [2.24, 2.45) is 5.16 Å². The third-order valence-corrected chi connectivity index (χ3v) is 4.05. The van der Waals surface area contributed by atoms with Crippen molar-refractivity contribution >= 4 is 39.9 Å². The second kappa shape index (κ2) is 7.56. The summed E-state index contributed by atoms with van der Waals surface area (Å²) in [5.41, 5.74) is 0.581. The molecule has 8 nitrogen and oxygen atoms in total. The predicted molar refractivity (Wildman–Crippen MR) is 101 cm³/mol. The first-order valence-corrected chi connectivity index (χ1v) is 8.24. The van der Waals surface area contributed by atoms with E-state index < -0.39 is 11.7 Å². The molecule has 0 aliphatic carbocycles. The fourth-order valence-corrected chi connectivity index (χ4v) is 2.75. The van der Waals surface area contributed by atoms with Crippen LogP contribution >= 0.6 is 11.6 Å². The lowest BCUT2D eigenvalue weighted by atomic mass is 10.0. The maximum absolute atomic E-state index is 12.3. The van der Waals surface area contributed by atoms with Crippen LogP contribution in [-0.4, -0.2) is 31.9 Å². The Kier molecular flexibility index (Phi) is 5.20. The van der Waals surface area contributed by atoms with Gasteiger partial charge in [-0.2, -0.15) is 0 Å². The summed E-state index contributed by atoms with van der Waals surface area (Å²) in [4.78, 5) is 30.2. The molecular weight excluding hydrogens is 372 g/mol. The van der Waals surface area contributed by atoms with Gasteiger partial charge in [0.15, 0.2) is 5.69 Å². The summed E-state index contributed by atoms with van der Waals surface area (Å²) in [5.74, 6) is -0.229. The molecule has 0 unspecified atom stereocenters. The zero-order valence-electron chi connectivity index (χ0n) is 14.1. The highest BCUT2D eigenvalue weighted by Gasteiger charge is 2.23. The molecular formula is C18H15ClN4O4. The molecule has 0 spiro atoms. The lowest BCUT2D eigenvalue weighted by Crippen LogP contribution is -2.25. The minimum Gasteiger partial charge on any atom is -0.410 e. The van der Waals surface area contributed by atoms with E-state index in [1.54, 1.807) is 30.3 Å². The Morgan fingerprint density at radius 1 is 1.26 bits per heavy atom. The van der Waals surface area contributed by atoms with Gasteiger partial charge in [0, 0.05) is 17.6 Å². The van der Waals surface area contributed by atoms with E-state index in [2.05, 4.69) is 20.4 Å². The molecule has 0 aliphatic rings. The van der Waals surface area contributed by atoms with Gasteiger partial charge >= 0.3 is 0 Å². The SMILES string of the molecule is CC(=O)Nc1ccc([C@H](O)/C(=N/O)c2nc3ccc(Cl)cc3[nH]c2=O)cc1. The van der Waals surface area contributed by atoms with Crippen molar-refractivity contribution in [2.75, 3.05) is 5.32 Å². The standard InChI is InChI=1S/C18H15ClN4O4/c1-9(24)20-12-5-2-10(3-6-12)17(25)15(23-27)16-18(26)22-14-8-11(19)4-7-13(14)21-16/h2-8,17,25,27H,1H3,(H,20,24)(H,22,26)/b23-15+/t17-/m0/s1. The molecule has 3 rings (SSSR count). The molecule has 0 bridgehead atoms. The Balaban J connectivity index is 1.98. The Labute approximate surface area is 158 Å². The highest BCUT2D eigenvalue weighted by Crippen LogP contribution is 2.21. The summed E-state index contributed by atoms with van der Waals surface area (Å²) >= 11 is 5.90. The summed E-state index contributed by atoms with van der Waals surface area (Å²) in [6.45, 7) is 1.38. The van der Waals surface area contributed by atoms with Crippen LogP contribution in [-0.2, 0) is 4.79 Å². The van der Waals surface area contributed by atoms with Crippen molar-refractivity contribution in [3.05, 3.63) is 69.1 Å². The van der Waals surface area contributed by atoms with Gasteiger partial charge in [-0.1, -0.05) is 28.9 Å². The molecule has 3 aromatic rings. The van der Waals surface area contributed by atoms with Crippen LogP contribution in [0.4, 0.5) is 5.69 Å². The lowest BCUT2D eigenvalue weighted by molar-refractivity contribution is -0.114. The van der Waals surface area contributed by atoms with Crippen LogP contribution in [0.2, 0.25) is 5.02 Å². The largest absolute Gasteiger partial charge is 0.410 e. The number of fused-ring (bicyclic) bond motifs is 1. The normalized spacial score (nSPS) is 12.8. The summed E-state index contributed by atoms with van der Waals surface area (Å²) < 4.78 is 0. The molecule has 2 aromatic carbocycles. The molecule has 0 fully saturated rings. The Hall–Kier alpha value is -3.23. The molecule has 4 N–H and O–H groups in total. The van der Waals surface area contributed by atoms with Gasteiger partial charge in [0.05, 0.1) is 11.0 Å². The van der Waals surface area contributed by atoms with Crippen molar-refractivity contribution in [3.63, 3.8) is 0 Å².